The van der Waals surface area contributed by atoms with Gasteiger partial charge in [0.05, 0.1) is 25.1 Å². The SMILES string of the molecule is c1cncc(Nc2nccc(Nc3ccc(N4CCOCC4)cc3)n2)c1. The van der Waals surface area contributed by atoms with E-state index in [1.807, 2.05) is 18.2 Å². The predicted molar refractivity (Wildman–Crippen MR) is 102 cm³/mol. The number of nitrogens with one attached hydrogen (secondary N) is 2. The number of pyridine rings is 1. The van der Waals surface area contributed by atoms with Crippen molar-refractivity contribution in [2.24, 2.45) is 0 Å². The maximum atomic E-state index is 5.40. The van der Waals surface area contributed by atoms with Crippen molar-refractivity contribution in [1.82, 2.24) is 15.0 Å². The smallest absolute Gasteiger partial charge is 0.229 e. The van der Waals surface area contributed by atoms with Gasteiger partial charge in [0.15, 0.2) is 0 Å². The van der Waals surface area contributed by atoms with E-state index < -0.39 is 0 Å². The van der Waals surface area contributed by atoms with Crippen LogP contribution < -0.4 is 15.5 Å². The van der Waals surface area contributed by atoms with Crippen LogP contribution in [0.25, 0.3) is 0 Å². The summed E-state index contributed by atoms with van der Waals surface area (Å²) in [6.45, 7) is 3.44. The van der Waals surface area contributed by atoms with Crippen molar-refractivity contribution in [3.8, 4) is 0 Å². The average Bonchev–Trinajstić information content (AvgIpc) is 2.70. The standard InChI is InChI=1S/C19H20N6O/c1-2-16(14-20-8-1)23-19-21-9-7-18(24-19)22-15-3-5-17(6-4-15)25-10-12-26-13-11-25/h1-9,14H,10-13H2,(H2,21,22,23,24). The van der Waals surface area contributed by atoms with Crippen LogP contribution in [0, 0.1) is 0 Å². The molecule has 3 heterocycles. The van der Waals surface area contributed by atoms with Crippen molar-refractivity contribution in [3.63, 3.8) is 0 Å². The zero-order chi connectivity index (χ0) is 17.6. The number of aromatic nitrogens is 3. The van der Waals surface area contributed by atoms with Crippen molar-refractivity contribution in [2.45, 2.75) is 0 Å². The summed E-state index contributed by atoms with van der Waals surface area (Å²) in [6.07, 6.45) is 5.18. The number of morpholine rings is 1. The molecule has 0 spiro atoms. The highest BCUT2D eigenvalue weighted by atomic mass is 16.5. The molecule has 3 aromatic rings. The first-order valence-electron chi connectivity index (χ1n) is 8.57. The van der Waals surface area contributed by atoms with E-state index in [4.69, 9.17) is 4.74 Å². The molecule has 1 saturated heterocycles. The van der Waals surface area contributed by atoms with Gasteiger partial charge in [-0.1, -0.05) is 0 Å². The Hall–Kier alpha value is -3.19. The highest BCUT2D eigenvalue weighted by Gasteiger charge is 2.10. The molecule has 4 rings (SSSR count). The van der Waals surface area contributed by atoms with Crippen LogP contribution in [-0.2, 0) is 4.74 Å². The Morgan fingerprint density at radius 3 is 2.50 bits per heavy atom. The van der Waals surface area contributed by atoms with Gasteiger partial charge in [0.25, 0.3) is 0 Å². The minimum atomic E-state index is 0.521. The molecule has 1 aliphatic heterocycles. The predicted octanol–water partition coefficient (Wildman–Crippen LogP) is 3.20. The van der Waals surface area contributed by atoms with Crippen LogP contribution in [0.15, 0.2) is 61.1 Å². The van der Waals surface area contributed by atoms with Crippen LogP contribution in [0.2, 0.25) is 0 Å². The summed E-state index contributed by atoms with van der Waals surface area (Å²) < 4.78 is 5.40. The third kappa shape index (κ3) is 4.07. The Labute approximate surface area is 152 Å². The Morgan fingerprint density at radius 1 is 0.885 bits per heavy atom. The van der Waals surface area contributed by atoms with Gasteiger partial charge in [-0.3, -0.25) is 4.98 Å². The van der Waals surface area contributed by atoms with Gasteiger partial charge in [-0.05, 0) is 42.5 Å². The van der Waals surface area contributed by atoms with Gasteiger partial charge >= 0.3 is 0 Å². The van der Waals surface area contributed by atoms with E-state index in [1.54, 1.807) is 18.6 Å². The molecule has 0 saturated carbocycles. The lowest BCUT2D eigenvalue weighted by Crippen LogP contribution is -2.36. The Bertz CT molecular complexity index is 834. The molecule has 132 valence electrons. The second kappa shape index (κ2) is 7.79. The summed E-state index contributed by atoms with van der Waals surface area (Å²) in [4.78, 5) is 15.1. The molecular formula is C19H20N6O. The van der Waals surface area contributed by atoms with E-state index in [0.29, 0.717) is 5.95 Å². The molecule has 7 heteroatoms. The molecule has 0 radical (unpaired) electrons. The molecule has 0 unspecified atom stereocenters. The van der Waals surface area contributed by atoms with Crippen molar-refractivity contribution in [1.29, 1.82) is 0 Å². The Morgan fingerprint density at radius 2 is 1.73 bits per heavy atom. The molecule has 2 aromatic heterocycles. The van der Waals surface area contributed by atoms with Crippen LogP contribution in [0.4, 0.5) is 28.8 Å². The van der Waals surface area contributed by atoms with Gasteiger partial charge in [0.1, 0.15) is 5.82 Å². The number of ether oxygens (including phenoxy) is 1. The monoisotopic (exact) mass is 348 g/mol. The van der Waals surface area contributed by atoms with Crippen LogP contribution in [0.1, 0.15) is 0 Å². The number of anilines is 5. The van der Waals surface area contributed by atoms with E-state index in [-0.39, 0.29) is 0 Å². The second-order valence-corrected chi connectivity index (χ2v) is 5.90. The summed E-state index contributed by atoms with van der Waals surface area (Å²) in [6, 6.07) is 14.0. The lowest BCUT2D eigenvalue weighted by Gasteiger charge is -2.28. The van der Waals surface area contributed by atoms with Gasteiger partial charge < -0.3 is 20.3 Å². The van der Waals surface area contributed by atoms with E-state index in [1.165, 1.54) is 5.69 Å². The molecule has 2 N–H and O–H groups in total. The van der Waals surface area contributed by atoms with E-state index in [9.17, 15) is 0 Å². The quantitative estimate of drug-likeness (QED) is 0.733. The summed E-state index contributed by atoms with van der Waals surface area (Å²) in [5.74, 6) is 1.25. The summed E-state index contributed by atoms with van der Waals surface area (Å²) in [7, 11) is 0. The maximum Gasteiger partial charge on any atom is 0.229 e. The van der Waals surface area contributed by atoms with Crippen LogP contribution in [0.5, 0.6) is 0 Å². The molecule has 0 amide bonds. The first-order chi connectivity index (χ1) is 12.9. The van der Waals surface area contributed by atoms with Gasteiger partial charge in [-0.2, -0.15) is 4.98 Å². The van der Waals surface area contributed by atoms with Crippen molar-refractivity contribution in [3.05, 3.63) is 61.1 Å². The number of hydrogen-bond acceptors (Lipinski definition) is 7. The van der Waals surface area contributed by atoms with E-state index in [0.717, 1.165) is 43.5 Å². The average molecular weight is 348 g/mol. The zero-order valence-electron chi connectivity index (χ0n) is 14.3. The third-order valence-electron chi connectivity index (χ3n) is 4.09. The fourth-order valence-corrected chi connectivity index (χ4v) is 2.78. The minimum absolute atomic E-state index is 0.521. The number of nitrogens with zero attached hydrogens (tertiary/aromatic N) is 4. The molecule has 1 fully saturated rings. The summed E-state index contributed by atoms with van der Waals surface area (Å²) in [5.41, 5.74) is 3.04. The Balaban J connectivity index is 1.43. The fraction of sp³-hybridized carbons (Fsp3) is 0.211. The molecule has 1 aromatic carbocycles. The third-order valence-corrected chi connectivity index (χ3v) is 4.09. The number of rotatable bonds is 5. The normalized spacial score (nSPS) is 14.1. The second-order valence-electron chi connectivity index (χ2n) is 5.90. The van der Waals surface area contributed by atoms with Crippen LogP contribution in [0.3, 0.4) is 0 Å². The molecule has 26 heavy (non-hydrogen) atoms. The Kier molecular flexibility index (Phi) is 4.88. The minimum Gasteiger partial charge on any atom is -0.378 e. The largest absolute Gasteiger partial charge is 0.378 e. The van der Waals surface area contributed by atoms with Gasteiger partial charge in [-0.25, -0.2) is 4.98 Å². The maximum absolute atomic E-state index is 5.40. The summed E-state index contributed by atoms with van der Waals surface area (Å²) in [5, 5.41) is 6.45. The van der Waals surface area contributed by atoms with Crippen molar-refractivity contribution < 1.29 is 4.74 Å². The van der Waals surface area contributed by atoms with Crippen molar-refractivity contribution in [2.75, 3.05) is 41.8 Å². The first kappa shape index (κ1) is 16.3. The molecular weight excluding hydrogens is 328 g/mol. The van der Waals surface area contributed by atoms with Crippen LogP contribution >= 0.6 is 0 Å². The molecule has 0 atom stereocenters. The van der Waals surface area contributed by atoms with Crippen LogP contribution in [-0.4, -0.2) is 41.3 Å². The van der Waals surface area contributed by atoms with Gasteiger partial charge in [0.2, 0.25) is 5.95 Å². The molecule has 0 bridgehead atoms. The lowest BCUT2D eigenvalue weighted by atomic mass is 10.2. The highest BCUT2D eigenvalue weighted by Crippen LogP contribution is 2.22. The molecule has 1 aliphatic rings. The topological polar surface area (TPSA) is 75.2 Å². The fourth-order valence-electron chi connectivity index (χ4n) is 2.78. The van der Waals surface area contributed by atoms with Gasteiger partial charge in [0, 0.05) is 36.9 Å². The first-order valence-corrected chi connectivity index (χ1v) is 8.57. The van der Waals surface area contributed by atoms with E-state index in [2.05, 4.69) is 54.8 Å². The number of benzene rings is 1. The summed E-state index contributed by atoms with van der Waals surface area (Å²) >= 11 is 0. The molecule has 0 aliphatic carbocycles. The lowest BCUT2D eigenvalue weighted by molar-refractivity contribution is 0.122. The van der Waals surface area contributed by atoms with Gasteiger partial charge in [-0.15, -0.1) is 0 Å². The zero-order valence-corrected chi connectivity index (χ0v) is 14.3. The highest BCUT2D eigenvalue weighted by molar-refractivity contribution is 5.62. The molecule has 7 nitrogen and oxygen atoms in total. The van der Waals surface area contributed by atoms with E-state index >= 15 is 0 Å². The number of hydrogen-bond donors (Lipinski definition) is 2. The van der Waals surface area contributed by atoms with Crippen molar-refractivity contribution >= 4 is 28.8 Å².